The van der Waals surface area contributed by atoms with Crippen LogP contribution in [-0.4, -0.2) is 71.9 Å². The summed E-state index contributed by atoms with van der Waals surface area (Å²) >= 11 is 0. The first-order chi connectivity index (χ1) is 17.8. The van der Waals surface area contributed by atoms with E-state index in [1.807, 2.05) is 4.90 Å². The van der Waals surface area contributed by atoms with Crippen LogP contribution in [0.1, 0.15) is 63.9 Å². The Hall–Kier alpha value is -2.80. The second kappa shape index (κ2) is 10.4. The lowest BCUT2D eigenvalue weighted by molar-refractivity contribution is 0.102. The van der Waals surface area contributed by atoms with Crippen LogP contribution >= 0.6 is 0 Å². The van der Waals surface area contributed by atoms with Crippen LogP contribution in [0.25, 0.3) is 0 Å². The molecular formula is C26H38N6O5S. The van der Waals surface area contributed by atoms with Gasteiger partial charge in [0.05, 0.1) is 29.8 Å². The fourth-order valence-corrected chi connectivity index (χ4v) is 5.99. The average molecular weight is 547 g/mol. The summed E-state index contributed by atoms with van der Waals surface area (Å²) < 4.78 is 28.2. The second-order valence-electron chi connectivity index (χ2n) is 11.8. The van der Waals surface area contributed by atoms with Gasteiger partial charge < -0.3 is 25.7 Å². The second-order valence-corrected chi connectivity index (χ2v) is 13.4. The van der Waals surface area contributed by atoms with Crippen LogP contribution < -0.4 is 20.3 Å². The molecule has 2 fully saturated rings. The first-order valence-corrected chi connectivity index (χ1v) is 14.3. The van der Waals surface area contributed by atoms with Crippen LogP contribution in [0.15, 0.2) is 35.4 Å². The number of carbonyl (C=O) groups is 1. The first kappa shape index (κ1) is 28.2. The van der Waals surface area contributed by atoms with E-state index in [4.69, 9.17) is 0 Å². The fraction of sp³-hybridized carbons (Fsp3) is 0.577. The minimum Gasteiger partial charge on any atom is -0.394 e. The normalized spacial score (nSPS) is 17.4. The number of rotatable bonds is 9. The molecule has 1 aliphatic heterocycles. The number of anilines is 3. The number of benzene rings is 1. The summed E-state index contributed by atoms with van der Waals surface area (Å²) in [5.74, 6) is 0.214. The molecule has 208 valence electrons. The highest BCUT2D eigenvalue weighted by atomic mass is 32.2. The highest BCUT2D eigenvalue weighted by Gasteiger charge is 2.45. The van der Waals surface area contributed by atoms with Crippen molar-refractivity contribution in [2.75, 3.05) is 41.8 Å². The molecule has 1 spiro atoms. The van der Waals surface area contributed by atoms with Crippen molar-refractivity contribution in [1.82, 2.24) is 14.7 Å². The number of aromatic nitrogens is 2. The molecule has 11 nitrogen and oxygen atoms in total. The van der Waals surface area contributed by atoms with E-state index in [1.54, 1.807) is 39.8 Å². The number of amides is 1. The molecule has 0 atom stereocenters. The quantitative estimate of drug-likeness (QED) is 0.318. The molecule has 4 rings (SSSR count). The highest BCUT2D eigenvalue weighted by molar-refractivity contribution is 7.89. The van der Waals surface area contributed by atoms with Gasteiger partial charge in [0.1, 0.15) is 5.82 Å². The van der Waals surface area contributed by atoms with Crippen LogP contribution in [0.2, 0.25) is 0 Å². The minimum atomic E-state index is -3.79. The largest absolute Gasteiger partial charge is 0.394 e. The Labute approximate surface area is 224 Å². The molecule has 0 radical (unpaired) electrons. The van der Waals surface area contributed by atoms with Crippen molar-refractivity contribution in [2.45, 2.75) is 69.4 Å². The van der Waals surface area contributed by atoms with Crippen LogP contribution in [0, 0.1) is 5.41 Å². The molecule has 5 N–H and O–H groups in total. The molecule has 1 aliphatic carbocycles. The molecule has 0 unspecified atom stereocenters. The third-order valence-electron chi connectivity index (χ3n) is 7.02. The summed E-state index contributed by atoms with van der Waals surface area (Å²) in [7, 11) is -3.79. The number of sulfonamides is 1. The number of piperidine rings is 1. The van der Waals surface area contributed by atoms with E-state index in [1.165, 1.54) is 31.2 Å². The third kappa shape index (κ3) is 6.60. The Morgan fingerprint density at radius 1 is 1.08 bits per heavy atom. The van der Waals surface area contributed by atoms with Crippen molar-refractivity contribution >= 4 is 33.3 Å². The van der Waals surface area contributed by atoms with Gasteiger partial charge in [0.2, 0.25) is 10.0 Å². The van der Waals surface area contributed by atoms with E-state index in [0.717, 1.165) is 25.9 Å². The number of aliphatic hydroxyl groups is 2. The van der Waals surface area contributed by atoms with E-state index >= 15 is 0 Å². The molecule has 0 bridgehead atoms. The zero-order valence-electron chi connectivity index (χ0n) is 22.4. The highest BCUT2D eigenvalue weighted by Crippen LogP contribution is 2.54. The standard InChI is InChI=1S/C26H38N6O5S/c1-24(2,3)31-38(36,37)19-7-5-6-18(14-19)28-23(35)21-22(32-12-10-26(8-9-26)11-13-32)29-20(15-27-21)30-25(4,16-33)17-34/h5-7,14-15,31,33-34H,8-13,16-17H2,1-4H3,(H,28,35)(H,29,30). The van der Waals surface area contributed by atoms with Gasteiger partial charge in [0, 0.05) is 24.3 Å². The van der Waals surface area contributed by atoms with E-state index in [-0.39, 0.29) is 23.8 Å². The Morgan fingerprint density at radius 3 is 2.32 bits per heavy atom. The van der Waals surface area contributed by atoms with Gasteiger partial charge >= 0.3 is 0 Å². The molecule has 1 saturated heterocycles. The van der Waals surface area contributed by atoms with Gasteiger partial charge in [-0.25, -0.2) is 23.1 Å². The minimum absolute atomic E-state index is 0.0362. The Morgan fingerprint density at radius 2 is 1.74 bits per heavy atom. The van der Waals surface area contributed by atoms with Crippen LogP contribution in [0.3, 0.4) is 0 Å². The van der Waals surface area contributed by atoms with Crippen LogP contribution in [-0.2, 0) is 10.0 Å². The van der Waals surface area contributed by atoms with Gasteiger partial charge in [-0.15, -0.1) is 0 Å². The smallest absolute Gasteiger partial charge is 0.278 e. The molecule has 1 aromatic heterocycles. The lowest BCUT2D eigenvalue weighted by Gasteiger charge is -2.34. The van der Waals surface area contributed by atoms with Gasteiger partial charge in [0.25, 0.3) is 5.91 Å². The van der Waals surface area contributed by atoms with Crippen molar-refractivity contribution < 1.29 is 23.4 Å². The van der Waals surface area contributed by atoms with E-state index < -0.39 is 27.0 Å². The van der Waals surface area contributed by atoms with Gasteiger partial charge in [0.15, 0.2) is 11.5 Å². The van der Waals surface area contributed by atoms with Gasteiger partial charge in [-0.1, -0.05) is 6.07 Å². The summed E-state index contributed by atoms with van der Waals surface area (Å²) in [6.45, 7) is 7.75. The summed E-state index contributed by atoms with van der Waals surface area (Å²) in [5.41, 5.74) is -0.832. The third-order valence-corrected chi connectivity index (χ3v) is 8.78. The van der Waals surface area contributed by atoms with Gasteiger partial charge in [-0.3, -0.25) is 4.79 Å². The van der Waals surface area contributed by atoms with E-state index in [0.29, 0.717) is 22.7 Å². The number of nitrogens with one attached hydrogen (secondary N) is 3. The zero-order valence-corrected chi connectivity index (χ0v) is 23.2. The van der Waals surface area contributed by atoms with E-state index in [9.17, 15) is 23.4 Å². The van der Waals surface area contributed by atoms with Crippen molar-refractivity contribution in [3.63, 3.8) is 0 Å². The van der Waals surface area contributed by atoms with E-state index in [2.05, 4.69) is 25.3 Å². The lowest BCUT2D eigenvalue weighted by atomic mass is 9.93. The predicted molar refractivity (Wildman–Crippen MR) is 146 cm³/mol. The van der Waals surface area contributed by atoms with Crippen LogP contribution in [0.5, 0.6) is 0 Å². The maximum Gasteiger partial charge on any atom is 0.278 e. The van der Waals surface area contributed by atoms with Crippen LogP contribution in [0.4, 0.5) is 17.3 Å². The molecule has 1 saturated carbocycles. The molecule has 12 heteroatoms. The molecule has 2 aliphatic rings. The average Bonchev–Trinajstić information content (AvgIpc) is 3.61. The molecule has 1 aromatic carbocycles. The molecule has 2 aromatic rings. The first-order valence-electron chi connectivity index (χ1n) is 12.8. The van der Waals surface area contributed by atoms with Crippen molar-refractivity contribution in [1.29, 1.82) is 0 Å². The predicted octanol–water partition coefficient (Wildman–Crippen LogP) is 2.34. The zero-order chi connectivity index (χ0) is 27.8. The van der Waals surface area contributed by atoms with Gasteiger partial charge in [-0.05, 0) is 77.0 Å². The van der Waals surface area contributed by atoms with Gasteiger partial charge in [-0.2, -0.15) is 0 Å². The number of nitrogens with zero attached hydrogens (tertiary/aromatic N) is 3. The van der Waals surface area contributed by atoms with Crippen molar-refractivity contribution in [2.24, 2.45) is 5.41 Å². The topological polar surface area (TPSA) is 157 Å². The Balaban J connectivity index is 1.61. The summed E-state index contributed by atoms with van der Waals surface area (Å²) in [6.07, 6.45) is 5.88. The monoisotopic (exact) mass is 546 g/mol. The molecule has 2 heterocycles. The lowest BCUT2D eigenvalue weighted by Crippen LogP contribution is -2.43. The number of aliphatic hydroxyl groups excluding tert-OH is 2. The SMILES string of the molecule is CC(C)(C)NS(=O)(=O)c1cccc(NC(=O)c2ncc(NC(C)(CO)CO)nc2N2CCC3(CC2)CC3)c1. The molecule has 1 amide bonds. The number of hydrogen-bond donors (Lipinski definition) is 5. The summed E-state index contributed by atoms with van der Waals surface area (Å²) in [4.78, 5) is 24.6. The Bertz CT molecular complexity index is 1280. The summed E-state index contributed by atoms with van der Waals surface area (Å²) in [6, 6.07) is 6.05. The molecule has 38 heavy (non-hydrogen) atoms. The summed E-state index contributed by atoms with van der Waals surface area (Å²) in [5, 5.41) is 25.2. The Kier molecular flexibility index (Phi) is 7.72. The van der Waals surface area contributed by atoms with Crippen molar-refractivity contribution in [3.8, 4) is 0 Å². The number of hydrogen-bond acceptors (Lipinski definition) is 9. The maximum absolute atomic E-state index is 13.4. The van der Waals surface area contributed by atoms with Crippen molar-refractivity contribution in [3.05, 3.63) is 36.2 Å². The maximum atomic E-state index is 13.4. The molecular weight excluding hydrogens is 508 g/mol. The fourth-order valence-electron chi connectivity index (χ4n) is 4.52. The number of carbonyl (C=O) groups excluding carboxylic acids is 1.